The van der Waals surface area contributed by atoms with Crippen LogP contribution >= 0.6 is 0 Å². The zero-order valence-corrected chi connectivity index (χ0v) is 20.9. The number of anilines is 1. The molecule has 0 saturated carbocycles. The SMILES string of the molecule is CCc1c(-c2ccc(OC)c(OC)c2)[nH]c2ccc(N3CCN(CCNC)CC3(C)C)cc12. The number of methoxy groups -OCH3 is 2. The van der Waals surface area contributed by atoms with Crippen LogP contribution in [0.4, 0.5) is 5.69 Å². The summed E-state index contributed by atoms with van der Waals surface area (Å²) < 4.78 is 11.0. The van der Waals surface area contributed by atoms with Gasteiger partial charge in [-0.1, -0.05) is 6.92 Å². The molecule has 1 aliphatic rings. The molecule has 0 atom stereocenters. The van der Waals surface area contributed by atoms with E-state index in [0.717, 1.165) is 61.9 Å². The number of rotatable bonds is 8. The smallest absolute Gasteiger partial charge is 0.161 e. The van der Waals surface area contributed by atoms with Crippen LogP contribution in [0.15, 0.2) is 36.4 Å². The lowest BCUT2D eigenvalue weighted by Crippen LogP contribution is -2.60. The summed E-state index contributed by atoms with van der Waals surface area (Å²) in [6.07, 6.45) is 0.953. The van der Waals surface area contributed by atoms with Gasteiger partial charge in [0.25, 0.3) is 0 Å². The summed E-state index contributed by atoms with van der Waals surface area (Å²) in [5.41, 5.74) is 6.15. The van der Waals surface area contributed by atoms with Gasteiger partial charge in [0, 0.05) is 66.1 Å². The van der Waals surface area contributed by atoms with Crippen LogP contribution in [0, 0.1) is 0 Å². The zero-order chi connectivity index (χ0) is 23.6. The summed E-state index contributed by atoms with van der Waals surface area (Å²) >= 11 is 0. The van der Waals surface area contributed by atoms with Gasteiger partial charge in [0.2, 0.25) is 0 Å². The Balaban J connectivity index is 1.69. The second kappa shape index (κ2) is 9.65. The van der Waals surface area contributed by atoms with Gasteiger partial charge in [-0.25, -0.2) is 0 Å². The van der Waals surface area contributed by atoms with Crippen molar-refractivity contribution in [1.82, 2.24) is 15.2 Å². The van der Waals surface area contributed by atoms with Gasteiger partial charge in [0.05, 0.1) is 14.2 Å². The minimum atomic E-state index is 0.0779. The Bertz CT molecular complexity index is 1100. The minimum Gasteiger partial charge on any atom is -0.493 e. The first-order valence-corrected chi connectivity index (χ1v) is 11.9. The number of aromatic amines is 1. The number of nitrogens with zero attached hydrogens (tertiary/aromatic N) is 2. The van der Waals surface area contributed by atoms with Crippen LogP contribution < -0.4 is 19.7 Å². The third kappa shape index (κ3) is 4.55. The van der Waals surface area contributed by atoms with Crippen molar-refractivity contribution in [3.8, 4) is 22.8 Å². The topological polar surface area (TPSA) is 52.8 Å². The van der Waals surface area contributed by atoms with Crippen molar-refractivity contribution in [3.05, 3.63) is 42.0 Å². The Kier molecular flexibility index (Phi) is 6.86. The van der Waals surface area contributed by atoms with Crippen molar-refractivity contribution in [3.63, 3.8) is 0 Å². The van der Waals surface area contributed by atoms with Crippen molar-refractivity contribution < 1.29 is 9.47 Å². The maximum atomic E-state index is 5.55. The summed E-state index contributed by atoms with van der Waals surface area (Å²) in [5.74, 6) is 1.49. The Morgan fingerprint density at radius 2 is 1.82 bits per heavy atom. The highest BCUT2D eigenvalue weighted by molar-refractivity contribution is 5.93. The van der Waals surface area contributed by atoms with Crippen LogP contribution in [0.25, 0.3) is 22.2 Å². The molecule has 178 valence electrons. The number of H-pyrrole nitrogens is 1. The fourth-order valence-electron chi connectivity index (χ4n) is 5.20. The molecule has 0 radical (unpaired) electrons. The van der Waals surface area contributed by atoms with Crippen LogP contribution in [0.3, 0.4) is 0 Å². The normalized spacial score (nSPS) is 16.4. The van der Waals surface area contributed by atoms with Crippen molar-refractivity contribution in [2.45, 2.75) is 32.7 Å². The zero-order valence-electron chi connectivity index (χ0n) is 20.9. The molecule has 0 spiro atoms. The van der Waals surface area contributed by atoms with E-state index in [0.29, 0.717) is 0 Å². The van der Waals surface area contributed by atoms with Gasteiger partial charge in [-0.2, -0.15) is 0 Å². The molecule has 4 rings (SSSR count). The van der Waals surface area contributed by atoms with Crippen LogP contribution in [0.5, 0.6) is 11.5 Å². The number of piperazine rings is 1. The molecule has 0 unspecified atom stereocenters. The van der Waals surface area contributed by atoms with E-state index in [2.05, 4.69) is 71.2 Å². The van der Waals surface area contributed by atoms with E-state index < -0.39 is 0 Å². The number of nitrogens with one attached hydrogen (secondary N) is 2. The lowest BCUT2D eigenvalue weighted by Gasteiger charge is -2.48. The molecule has 1 aliphatic heterocycles. The average Bonchev–Trinajstić information content (AvgIpc) is 3.19. The first-order valence-electron chi connectivity index (χ1n) is 11.9. The Morgan fingerprint density at radius 3 is 2.48 bits per heavy atom. The molecule has 6 heteroatoms. The molecule has 0 aliphatic carbocycles. The number of hydrogen-bond acceptors (Lipinski definition) is 5. The van der Waals surface area contributed by atoms with Gasteiger partial charge in [-0.15, -0.1) is 0 Å². The van der Waals surface area contributed by atoms with Crippen molar-refractivity contribution in [1.29, 1.82) is 0 Å². The number of hydrogen-bond donors (Lipinski definition) is 2. The van der Waals surface area contributed by atoms with Crippen molar-refractivity contribution in [2.75, 3.05) is 58.9 Å². The summed E-state index contributed by atoms with van der Waals surface area (Å²) in [6.45, 7) is 12.3. The predicted molar refractivity (Wildman–Crippen MR) is 138 cm³/mol. The Morgan fingerprint density at radius 1 is 1.03 bits per heavy atom. The number of aryl methyl sites for hydroxylation is 1. The van der Waals surface area contributed by atoms with Gasteiger partial charge < -0.3 is 24.7 Å². The molecule has 2 heterocycles. The third-order valence-electron chi connectivity index (χ3n) is 6.89. The number of ether oxygens (including phenoxy) is 2. The molecule has 3 aromatic rings. The maximum absolute atomic E-state index is 5.55. The number of benzene rings is 2. The summed E-state index contributed by atoms with van der Waals surface area (Å²) in [7, 11) is 5.37. The molecule has 1 aromatic heterocycles. The Labute approximate surface area is 197 Å². The van der Waals surface area contributed by atoms with Crippen LogP contribution in [-0.2, 0) is 6.42 Å². The van der Waals surface area contributed by atoms with E-state index in [-0.39, 0.29) is 5.54 Å². The molecule has 6 nitrogen and oxygen atoms in total. The minimum absolute atomic E-state index is 0.0779. The van der Waals surface area contributed by atoms with Crippen LogP contribution in [0.1, 0.15) is 26.3 Å². The number of fused-ring (bicyclic) bond motifs is 1. The number of likely N-dealkylation sites (N-methyl/N-ethyl adjacent to an activating group) is 1. The molecule has 2 aromatic carbocycles. The monoisotopic (exact) mass is 450 g/mol. The number of aromatic nitrogens is 1. The van der Waals surface area contributed by atoms with Crippen LogP contribution in [-0.4, -0.2) is 69.4 Å². The van der Waals surface area contributed by atoms with Gasteiger partial charge in [-0.3, -0.25) is 4.90 Å². The van der Waals surface area contributed by atoms with Crippen molar-refractivity contribution >= 4 is 16.6 Å². The van der Waals surface area contributed by atoms with Gasteiger partial charge >= 0.3 is 0 Å². The lowest BCUT2D eigenvalue weighted by molar-refractivity contribution is 0.184. The summed E-state index contributed by atoms with van der Waals surface area (Å²) in [6, 6.07) is 13.0. The molecule has 1 saturated heterocycles. The fraction of sp³-hybridized carbons (Fsp3) is 0.481. The molecule has 0 amide bonds. The first kappa shape index (κ1) is 23.5. The van der Waals surface area contributed by atoms with E-state index in [1.807, 2.05) is 13.1 Å². The lowest BCUT2D eigenvalue weighted by atomic mass is 9.96. The largest absolute Gasteiger partial charge is 0.493 e. The van der Waals surface area contributed by atoms with Crippen molar-refractivity contribution in [2.24, 2.45) is 0 Å². The molecular weight excluding hydrogens is 412 g/mol. The predicted octanol–water partition coefficient (Wildman–Crippen LogP) is 4.53. The first-order chi connectivity index (χ1) is 15.9. The van der Waals surface area contributed by atoms with Gasteiger partial charge in [-0.05, 0) is 69.3 Å². The average molecular weight is 451 g/mol. The van der Waals surface area contributed by atoms with Gasteiger partial charge in [0.15, 0.2) is 11.5 Å². The van der Waals surface area contributed by atoms with E-state index >= 15 is 0 Å². The molecule has 0 bridgehead atoms. The highest BCUT2D eigenvalue weighted by Crippen LogP contribution is 2.38. The summed E-state index contributed by atoms with van der Waals surface area (Å²) in [5, 5.41) is 4.57. The van der Waals surface area contributed by atoms with E-state index in [4.69, 9.17) is 9.47 Å². The molecule has 2 N–H and O–H groups in total. The molecule has 33 heavy (non-hydrogen) atoms. The Hall–Kier alpha value is -2.70. The van der Waals surface area contributed by atoms with E-state index in [1.165, 1.54) is 22.2 Å². The van der Waals surface area contributed by atoms with Gasteiger partial charge in [0.1, 0.15) is 0 Å². The highest BCUT2D eigenvalue weighted by atomic mass is 16.5. The second-order valence-electron chi connectivity index (χ2n) is 9.48. The van der Waals surface area contributed by atoms with E-state index in [9.17, 15) is 0 Å². The second-order valence-corrected chi connectivity index (χ2v) is 9.48. The summed E-state index contributed by atoms with van der Waals surface area (Å²) in [4.78, 5) is 8.81. The maximum Gasteiger partial charge on any atom is 0.161 e. The fourth-order valence-corrected chi connectivity index (χ4v) is 5.20. The highest BCUT2D eigenvalue weighted by Gasteiger charge is 2.33. The molecule has 1 fully saturated rings. The third-order valence-corrected chi connectivity index (χ3v) is 6.89. The van der Waals surface area contributed by atoms with Crippen LogP contribution in [0.2, 0.25) is 0 Å². The van der Waals surface area contributed by atoms with E-state index in [1.54, 1.807) is 14.2 Å². The molecular formula is C27H38N4O2. The quantitative estimate of drug-likeness (QED) is 0.528. The standard InChI is InChI=1S/C27H38N4O2/c1-7-21-22-17-20(31-15-14-30(13-12-28-4)18-27(31,2)3)9-10-23(22)29-26(21)19-8-11-24(32-5)25(16-19)33-6/h8-11,16-17,28-29H,7,12-15,18H2,1-6H3.